The summed E-state index contributed by atoms with van der Waals surface area (Å²) in [5.41, 5.74) is 2.21. The van der Waals surface area contributed by atoms with Gasteiger partial charge in [0.1, 0.15) is 12.4 Å². The van der Waals surface area contributed by atoms with Crippen LogP contribution < -0.4 is 15.4 Å². The number of ether oxygens (including phenoxy) is 1. The lowest BCUT2D eigenvalue weighted by Crippen LogP contribution is -2.32. The molecule has 118 valence electrons. The summed E-state index contributed by atoms with van der Waals surface area (Å²) in [6.07, 6.45) is 0. The summed E-state index contributed by atoms with van der Waals surface area (Å²) in [7, 11) is 0. The van der Waals surface area contributed by atoms with Gasteiger partial charge in [0.05, 0.1) is 23.2 Å². The van der Waals surface area contributed by atoms with Crippen molar-refractivity contribution in [2.75, 3.05) is 18.5 Å². The number of amides is 2. The molecule has 0 bridgehead atoms. The van der Waals surface area contributed by atoms with Gasteiger partial charge < -0.3 is 15.4 Å². The molecular formula is C17H16ClN3O2. The van der Waals surface area contributed by atoms with Crippen LogP contribution in [-0.2, 0) is 0 Å². The van der Waals surface area contributed by atoms with Gasteiger partial charge in [-0.15, -0.1) is 0 Å². The molecule has 0 radical (unpaired) electrons. The third-order valence-corrected chi connectivity index (χ3v) is 3.32. The minimum atomic E-state index is -0.339. The average molecular weight is 330 g/mol. The summed E-state index contributed by atoms with van der Waals surface area (Å²) in [4.78, 5) is 11.7. The zero-order valence-corrected chi connectivity index (χ0v) is 13.4. The summed E-state index contributed by atoms with van der Waals surface area (Å²) < 4.78 is 5.54. The van der Waals surface area contributed by atoms with E-state index in [1.807, 2.05) is 25.1 Å². The molecular weight excluding hydrogens is 314 g/mol. The number of carbonyl (C=O) groups is 1. The number of nitrogens with one attached hydrogen (secondary N) is 2. The Labute approximate surface area is 139 Å². The average Bonchev–Trinajstić information content (AvgIpc) is 2.55. The fraction of sp³-hybridized carbons (Fsp3) is 0.176. The normalized spacial score (nSPS) is 9.78. The second-order valence-electron chi connectivity index (χ2n) is 4.85. The van der Waals surface area contributed by atoms with Crippen molar-refractivity contribution in [1.29, 1.82) is 5.26 Å². The lowest BCUT2D eigenvalue weighted by Gasteiger charge is -2.10. The van der Waals surface area contributed by atoms with Gasteiger partial charge in [-0.1, -0.05) is 17.7 Å². The first kappa shape index (κ1) is 16.7. The second-order valence-corrected chi connectivity index (χ2v) is 5.26. The van der Waals surface area contributed by atoms with Gasteiger partial charge in [-0.25, -0.2) is 4.79 Å². The molecule has 2 amide bonds. The summed E-state index contributed by atoms with van der Waals surface area (Å²) in [6.45, 7) is 2.60. The van der Waals surface area contributed by atoms with Crippen LogP contribution in [0.1, 0.15) is 11.1 Å². The Morgan fingerprint density at radius 3 is 2.70 bits per heavy atom. The standard InChI is InChI=1S/C17H16ClN3O2/c1-12-2-7-15(18)16(10-12)23-9-8-20-17(22)21-14-5-3-13(11-19)4-6-14/h2-7,10H,8-9H2,1H3,(H2,20,21,22). The predicted octanol–water partition coefficient (Wildman–Crippen LogP) is 3.72. The van der Waals surface area contributed by atoms with E-state index < -0.39 is 0 Å². The van der Waals surface area contributed by atoms with E-state index in [-0.39, 0.29) is 6.03 Å². The molecule has 0 saturated carbocycles. The van der Waals surface area contributed by atoms with Crippen molar-refractivity contribution in [2.45, 2.75) is 6.92 Å². The maximum atomic E-state index is 11.7. The molecule has 0 aliphatic carbocycles. The van der Waals surface area contributed by atoms with Gasteiger partial charge >= 0.3 is 6.03 Å². The molecule has 0 heterocycles. The van der Waals surface area contributed by atoms with Gasteiger partial charge in [-0.2, -0.15) is 5.26 Å². The quantitative estimate of drug-likeness (QED) is 0.821. The summed E-state index contributed by atoms with van der Waals surface area (Å²) >= 11 is 6.02. The molecule has 23 heavy (non-hydrogen) atoms. The fourth-order valence-electron chi connectivity index (χ4n) is 1.85. The van der Waals surface area contributed by atoms with Crippen LogP contribution in [0.5, 0.6) is 5.75 Å². The first-order valence-corrected chi connectivity index (χ1v) is 7.40. The van der Waals surface area contributed by atoms with E-state index in [0.29, 0.717) is 35.2 Å². The Morgan fingerprint density at radius 2 is 2.00 bits per heavy atom. The van der Waals surface area contributed by atoms with E-state index in [2.05, 4.69) is 10.6 Å². The van der Waals surface area contributed by atoms with Crippen LogP contribution in [0, 0.1) is 18.3 Å². The number of urea groups is 1. The molecule has 2 aromatic rings. The van der Waals surface area contributed by atoms with E-state index in [1.165, 1.54) is 0 Å². The SMILES string of the molecule is Cc1ccc(Cl)c(OCCNC(=O)Nc2ccc(C#N)cc2)c1. The number of hydrogen-bond acceptors (Lipinski definition) is 3. The fourth-order valence-corrected chi connectivity index (χ4v) is 2.02. The maximum absolute atomic E-state index is 11.7. The predicted molar refractivity (Wildman–Crippen MR) is 89.9 cm³/mol. The molecule has 6 heteroatoms. The Hall–Kier alpha value is -2.71. The van der Waals surface area contributed by atoms with Crippen LogP contribution in [0.2, 0.25) is 5.02 Å². The number of halogens is 1. The van der Waals surface area contributed by atoms with Crippen LogP contribution in [0.4, 0.5) is 10.5 Å². The van der Waals surface area contributed by atoms with Crippen molar-refractivity contribution in [3.8, 4) is 11.8 Å². The highest BCUT2D eigenvalue weighted by Crippen LogP contribution is 2.24. The molecule has 0 aliphatic rings. The molecule has 5 nitrogen and oxygen atoms in total. The van der Waals surface area contributed by atoms with Crippen molar-refractivity contribution in [3.63, 3.8) is 0 Å². The second kappa shape index (κ2) is 8.06. The Morgan fingerprint density at radius 1 is 1.26 bits per heavy atom. The van der Waals surface area contributed by atoms with Crippen molar-refractivity contribution in [1.82, 2.24) is 5.32 Å². The molecule has 0 atom stereocenters. The molecule has 2 rings (SSSR count). The van der Waals surface area contributed by atoms with E-state index >= 15 is 0 Å². The number of anilines is 1. The van der Waals surface area contributed by atoms with E-state index in [0.717, 1.165) is 5.56 Å². The van der Waals surface area contributed by atoms with Gasteiger partial charge in [0.15, 0.2) is 0 Å². The van der Waals surface area contributed by atoms with Crippen LogP contribution in [-0.4, -0.2) is 19.2 Å². The van der Waals surface area contributed by atoms with Crippen LogP contribution in [0.25, 0.3) is 0 Å². The molecule has 0 spiro atoms. The van der Waals surface area contributed by atoms with Gasteiger partial charge in [-0.05, 0) is 48.9 Å². The number of hydrogen-bond donors (Lipinski definition) is 2. The smallest absolute Gasteiger partial charge is 0.319 e. The first-order chi connectivity index (χ1) is 11.1. The Kier molecular flexibility index (Phi) is 5.84. The Bertz CT molecular complexity index is 724. The third kappa shape index (κ3) is 5.20. The minimum absolute atomic E-state index is 0.309. The number of nitrogens with zero attached hydrogens (tertiary/aromatic N) is 1. The number of benzene rings is 2. The van der Waals surface area contributed by atoms with E-state index in [9.17, 15) is 4.79 Å². The van der Waals surface area contributed by atoms with Crippen LogP contribution in [0.3, 0.4) is 0 Å². The molecule has 0 saturated heterocycles. The lowest BCUT2D eigenvalue weighted by molar-refractivity contribution is 0.247. The summed E-state index contributed by atoms with van der Waals surface area (Å²) in [5, 5.41) is 14.6. The van der Waals surface area contributed by atoms with Crippen LogP contribution in [0.15, 0.2) is 42.5 Å². The lowest BCUT2D eigenvalue weighted by atomic mass is 10.2. The number of nitriles is 1. The largest absolute Gasteiger partial charge is 0.490 e. The zero-order valence-electron chi connectivity index (χ0n) is 12.6. The monoisotopic (exact) mass is 329 g/mol. The highest BCUT2D eigenvalue weighted by atomic mass is 35.5. The van der Waals surface area contributed by atoms with Crippen LogP contribution >= 0.6 is 11.6 Å². The number of aryl methyl sites for hydroxylation is 1. The summed E-state index contributed by atoms with van der Waals surface area (Å²) in [6, 6.07) is 13.8. The van der Waals surface area contributed by atoms with Gasteiger partial charge in [0.2, 0.25) is 0 Å². The van der Waals surface area contributed by atoms with E-state index in [1.54, 1.807) is 30.3 Å². The highest BCUT2D eigenvalue weighted by Gasteiger charge is 2.04. The summed E-state index contributed by atoms with van der Waals surface area (Å²) in [5.74, 6) is 0.598. The highest BCUT2D eigenvalue weighted by molar-refractivity contribution is 6.32. The Balaban J connectivity index is 1.74. The topological polar surface area (TPSA) is 74.2 Å². The van der Waals surface area contributed by atoms with Crippen molar-refractivity contribution < 1.29 is 9.53 Å². The number of rotatable bonds is 5. The molecule has 0 fully saturated rings. The molecule has 0 aliphatic heterocycles. The van der Waals surface area contributed by atoms with Gasteiger partial charge in [0, 0.05) is 5.69 Å². The molecule has 0 unspecified atom stereocenters. The first-order valence-electron chi connectivity index (χ1n) is 7.02. The molecule has 0 aromatic heterocycles. The minimum Gasteiger partial charge on any atom is -0.490 e. The van der Waals surface area contributed by atoms with Gasteiger partial charge in [0.25, 0.3) is 0 Å². The van der Waals surface area contributed by atoms with Gasteiger partial charge in [-0.3, -0.25) is 0 Å². The van der Waals surface area contributed by atoms with Crippen molar-refractivity contribution >= 4 is 23.3 Å². The third-order valence-electron chi connectivity index (χ3n) is 3.00. The van der Waals surface area contributed by atoms with E-state index in [4.69, 9.17) is 21.6 Å². The number of carbonyl (C=O) groups excluding carboxylic acids is 1. The zero-order chi connectivity index (χ0) is 16.7. The molecule has 2 N–H and O–H groups in total. The van der Waals surface area contributed by atoms with Crippen molar-refractivity contribution in [3.05, 3.63) is 58.6 Å². The van der Waals surface area contributed by atoms with Crippen molar-refractivity contribution in [2.24, 2.45) is 0 Å². The molecule has 2 aromatic carbocycles. The maximum Gasteiger partial charge on any atom is 0.319 e.